The lowest BCUT2D eigenvalue weighted by atomic mass is 9.96. The fraction of sp³-hybridized carbons (Fsp3) is 0.923. The molecule has 3 unspecified atom stereocenters. The lowest BCUT2D eigenvalue weighted by Gasteiger charge is -2.24. The maximum absolute atomic E-state index is 12.0. The quantitative estimate of drug-likeness (QED) is 0.769. The van der Waals surface area contributed by atoms with E-state index in [1.165, 1.54) is 0 Å². The second-order valence-electron chi connectivity index (χ2n) is 6.26. The number of nitrogens with two attached hydrogens (primary N) is 1. The van der Waals surface area contributed by atoms with Gasteiger partial charge in [0.15, 0.2) is 0 Å². The SMILES string of the molecule is CC(C)(C)OC(=O)N1CC(N)C(C2CCCO2)C1. The summed E-state index contributed by atoms with van der Waals surface area (Å²) in [5.74, 6) is 0.250. The highest BCUT2D eigenvalue weighted by Gasteiger charge is 2.40. The van der Waals surface area contributed by atoms with Gasteiger partial charge < -0.3 is 20.1 Å². The molecule has 2 N–H and O–H groups in total. The molecule has 2 heterocycles. The number of ether oxygens (including phenoxy) is 2. The van der Waals surface area contributed by atoms with E-state index in [0.717, 1.165) is 19.4 Å². The van der Waals surface area contributed by atoms with Crippen LogP contribution in [0.3, 0.4) is 0 Å². The van der Waals surface area contributed by atoms with E-state index in [4.69, 9.17) is 15.2 Å². The summed E-state index contributed by atoms with van der Waals surface area (Å²) in [6.45, 7) is 7.66. The van der Waals surface area contributed by atoms with E-state index in [1.807, 2.05) is 20.8 Å². The van der Waals surface area contributed by atoms with E-state index in [1.54, 1.807) is 4.90 Å². The normalized spacial score (nSPS) is 32.9. The van der Waals surface area contributed by atoms with Crippen LogP contribution >= 0.6 is 0 Å². The van der Waals surface area contributed by atoms with Gasteiger partial charge in [0, 0.05) is 31.7 Å². The monoisotopic (exact) mass is 256 g/mol. The van der Waals surface area contributed by atoms with Crippen molar-refractivity contribution in [2.24, 2.45) is 11.7 Å². The van der Waals surface area contributed by atoms with Gasteiger partial charge in [0.05, 0.1) is 6.10 Å². The van der Waals surface area contributed by atoms with Gasteiger partial charge in [-0.1, -0.05) is 0 Å². The molecule has 0 bridgehead atoms. The van der Waals surface area contributed by atoms with Crippen molar-refractivity contribution in [1.82, 2.24) is 4.90 Å². The van der Waals surface area contributed by atoms with Crippen LogP contribution in [0.2, 0.25) is 0 Å². The Morgan fingerprint density at radius 1 is 1.39 bits per heavy atom. The predicted octanol–water partition coefficient (Wildman–Crippen LogP) is 1.36. The molecule has 2 aliphatic rings. The molecule has 5 nitrogen and oxygen atoms in total. The minimum absolute atomic E-state index is 0.000573. The average Bonchev–Trinajstić information content (AvgIpc) is 2.82. The number of rotatable bonds is 1. The first-order valence-electron chi connectivity index (χ1n) is 6.72. The Bertz CT molecular complexity index is 308. The van der Waals surface area contributed by atoms with E-state index in [0.29, 0.717) is 13.1 Å². The molecule has 104 valence electrons. The predicted molar refractivity (Wildman–Crippen MR) is 68.2 cm³/mol. The van der Waals surface area contributed by atoms with Crippen molar-refractivity contribution in [2.75, 3.05) is 19.7 Å². The molecular formula is C13H24N2O3. The zero-order chi connectivity index (χ0) is 13.3. The average molecular weight is 256 g/mol. The van der Waals surface area contributed by atoms with E-state index < -0.39 is 5.60 Å². The summed E-state index contributed by atoms with van der Waals surface area (Å²) < 4.78 is 11.0. The van der Waals surface area contributed by atoms with Crippen LogP contribution in [0.4, 0.5) is 4.79 Å². The van der Waals surface area contributed by atoms with Crippen LogP contribution in [0.1, 0.15) is 33.6 Å². The first-order valence-corrected chi connectivity index (χ1v) is 6.72. The Labute approximate surface area is 109 Å². The van der Waals surface area contributed by atoms with Gasteiger partial charge >= 0.3 is 6.09 Å². The van der Waals surface area contributed by atoms with E-state index in [2.05, 4.69) is 0 Å². The largest absolute Gasteiger partial charge is 0.444 e. The first-order chi connectivity index (χ1) is 8.37. The number of hydrogen-bond acceptors (Lipinski definition) is 4. The Balaban J connectivity index is 1.91. The maximum Gasteiger partial charge on any atom is 0.410 e. The van der Waals surface area contributed by atoms with Crippen LogP contribution < -0.4 is 5.73 Å². The molecule has 0 radical (unpaired) electrons. The van der Waals surface area contributed by atoms with Crippen molar-refractivity contribution in [3.05, 3.63) is 0 Å². The number of carbonyl (C=O) groups is 1. The summed E-state index contributed by atoms with van der Waals surface area (Å²) in [6.07, 6.45) is 2.10. The van der Waals surface area contributed by atoms with Crippen molar-refractivity contribution in [3.8, 4) is 0 Å². The molecule has 0 spiro atoms. The van der Waals surface area contributed by atoms with E-state index in [9.17, 15) is 4.79 Å². The highest BCUT2D eigenvalue weighted by molar-refractivity contribution is 5.68. The van der Waals surface area contributed by atoms with Crippen LogP contribution in [0, 0.1) is 5.92 Å². The van der Waals surface area contributed by atoms with Crippen LogP contribution in [-0.2, 0) is 9.47 Å². The molecule has 0 saturated carbocycles. The van der Waals surface area contributed by atoms with E-state index in [-0.39, 0.29) is 24.2 Å². The molecule has 0 aromatic heterocycles. The van der Waals surface area contributed by atoms with Crippen LogP contribution in [0.25, 0.3) is 0 Å². The van der Waals surface area contributed by atoms with Gasteiger partial charge in [-0.25, -0.2) is 4.79 Å². The zero-order valence-electron chi connectivity index (χ0n) is 11.5. The molecule has 0 aliphatic carbocycles. The summed E-state index contributed by atoms with van der Waals surface area (Å²) in [5.41, 5.74) is 5.67. The molecule has 0 aromatic rings. The Morgan fingerprint density at radius 2 is 2.11 bits per heavy atom. The lowest BCUT2D eigenvalue weighted by Crippen LogP contribution is -2.37. The second kappa shape index (κ2) is 5.05. The highest BCUT2D eigenvalue weighted by atomic mass is 16.6. The van der Waals surface area contributed by atoms with Gasteiger partial charge in [-0.05, 0) is 33.6 Å². The molecule has 3 atom stereocenters. The van der Waals surface area contributed by atoms with Crippen molar-refractivity contribution in [3.63, 3.8) is 0 Å². The standard InChI is InChI=1S/C13H24N2O3/c1-13(2,3)18-12(16)15-7-9(10(14)8-15)11-5-4-6-17-11/h9-11H,4-8,14H2,1-3H3. The third kappa shape index (κ3) is 3.14. The van der Waals surface area contributed by atoms with Gasteiger partial charge in [0.25, 0.3) is 0 Å². The Hall–Kier alpha value is -0.810. The second-order valence-corrected chi connectivity index (χ2v) is 6.26. The van der Waals surface area contributed by atoms with Crippen molar-refractivity contribution in [2.45, 2.75) is 51.4 Å². The topological polar surface area (TPSA) is 64.8 Å². The lowest BCUT2D eigenvalue weighted by molar-refractivity contribution is 0.0251. The fourth-order valence-electron chi connectivity index (χ4n) is 2.66. The van der Waals surface area contributed by atoms with Gasteiger partial charge in [-0.2, -0.15) is 0 Å². The third-order valence-corrected chi connectivity index (χ3v) is 3.51. The van der Waals surface area contributed by atoms with Gasteiger partial charge in [-0.3, -0.25) is 0 Å². The van der Waals surface area contributed by atoms with Gasteiger partial charge in [0.1, 0.15) is 5.60 Å². The van der Waals surface area contributed by atoms with Crippen LogP contribution in [0.5, 0.6) is 0 Å². The Morgan fingerprint density at radius 3 is 2.67 bits per heavy atom. The fourth-order valence-corrected chi connectivity index (χ4v) is 2.66. The molecular weight excluding hydrogens is 232 g/mol. The Kier molecular flexibility index (Phi) is 3.82. The number of carbonyl (C=O) groups excluding carboxylic acids is 1. The smallest absolute Gasteiger partial charge is 0.410 e. The molecule has 2 saturated heterocycles. The molecule has 5 heteroatoms. The van der Waals surface area contributed by atoms with Crippen LogP contribution in [0.15, 0.2) is 0 Å². The van der Waals surface area contributed by atoms with E-state index >= 15 is 0 Å². The molecule has 0 aromatic carbocycles. The van der Waals surface area contributed by atoms with Gasteiger partial charge in [0.2, 0.25) is 0 Å². The minimum atomic E-state index is -0.455. The van der Waals surface area contributed by atoms with Crippen molar-refractivity contribution < 1.29 is 14.3 Å². The number of hydrogen-bond donors (Lipinski definition) is 1. The van der Waals surface area contributed by atoms with Crippen molar-refractivity contribution in [1.29, 1.82) is 0 Å². The maximum atomic E-state index is 12.0. The zero-order valence-corrected chi connectivity index (χ0v) is 11.5. The first kappa shape index (κ1) is 13.6. The minimum Gasteiger partial charge on any atom is -0.444 e. The number of nitrogens with zero attached hydrogens (tertiary/aromatic N) is 1. The molecule has 2 aliphatic heterocycles. The summed E-state index contributed by atoms with van der Waals surface area (Å²) in [7, 11) is 0. The molecule has 1 amide bonds. The number of amides is 1. The van der Waals surface area contributed by atoms with Crippen molar-refractivity contribution >= 4 is 6.09 Å². The summed E-state index contributed by atoms with van der Waals surface area (Å²) in [5, 5.41) is 0. The molecule has 2 fully saturated rings. The van der Waals surface area contributed by atoms with Crippen LogP contribution in [-0.4, -0.2) is 48.4 Å². The molecule has 18 heavy (non-hydrogen) atoms. The summed E-state index contributed by atoms with van der Waals surface area (Å²) in [4.78, 5) is 13.7. The third-order valence-electron chi connectivity index (χ3n) is 3.51. The number of likely N-dealkylation sites (tertiary alicyclic amines) is 1. The molecule has 2 rings (SSSR count). The summed E-state index contributed by atoms with van der Waals surface area (Å²) >= 11 is 0. The summed E-state index contributed by atoms with van der Waals surface area (Å²) in [6, 6.07) is 0.000573. The highest BCUT2D eigenvalue weighted by Crippen LogP contribution is 2.28. The van der Waals surface area contributed by atoms with Gasteiger partial charge in [-0.15, -0.1) is 0 Å².